The van der Waals surface area contributed by atoms with Gasteiger partial charge in [-0.15, -0.1) is 16.4 Å². The minimum Gasteiger partial charge on any atom is -0.359 e. The van der Waals surface area contributed by atoms with Gasteiger partial charge in [-0.2, -0.15) is 4.98 Å². The maximum Gasteiger partial charge on any atom is 0.293 e. The van der Waals surface area contributed by atoms with Crippen LogP contribution >= 0.6 is 11.3 Å². The van der Waals surface area contributed by atoms with Crippen LogP contribution in [0.5, 0.6) is 0 Å². The molecule has 0 aromatic carbocycles. The maximum absolute atomic E-state index is 12.6. The lowest BCUT2D eigenvalue weighted by molar-refractivity contribution is 0.0706. The molecule has 4 heterocycles. The molecule has 8 nitrogen and oxygen atoms in total. The second kappa shape index (κ2) is 6.39. The van der Waals surface area contributed by atoms with Crippen LogP contribution in [0.15, 0.2) is 5.38 Å². The van der Waals surface area contributed by atoms with Crippen LogP contribution in [0.1, 0.15) is 35.6 Å². The van der Waals surface area contributed by atoms with Gasteiger partial charge in [-0.3, -0.25) is 4.79 Å². The largest absolute Gasteiger partial charge is 0.359 e. The Hall–Kier alpha value is -2.16. The SMILES string of the molecule is Cc1csc(NC2CCN(C(=O)c3nc4n(n3)CCCN4)CC2)n1. The number of likely N-dealkylation sites (tertiary alicyclic amines) is 1. The van der Waals surface area contributed by atoms with Crippen molar-refractivity contribution in [2.75, 3.05) is 30.3 Å². The number of carbonyl (C=O) groups excluding carboxylic acids is 1. The molecular formula is C15H21N7OS. The van der Waals surface area contributed by atoms with Gasteiger partial charge in [-0.1, -0.05) is 0 Å². The van der Waals surface area contributed by atoms with Crippen LogP contribution in [-0.2, 0) is 6.54 Å². The molecule has 2 aromatic heterocycles. The second-order valence-corrected chi connectivity index (χ2v) is 7.13. The van der Waals surface area contributed by atoms with Crippen LogP contribution in [0.4, 0.5) is 11.1 Å². The fourth-order valence-electron chi connectivity index (χ4n) is 3.11. The first kappa shape index (κ1) is 15.4. The summed E-state index contributed by atoms with van der Waals surface area (Å²) >= 11 is 1.63. The number of rotatable bonds is 3. The Morgan fingerprint density at radius 2 is 2.17 bits per heavy atom. The molecule has 0 aliphatic carbocycles. The molecule has 2 aliphatic heterocycles. The van der Waals surface area contributed by atoms with Crippen molar-refractivity contribution in [2.24, 2.45) is 0 Å². The molecule has 2 aromatic rings. The summed E-state index contributed by atoms with van der Waals surface area (Å²) in [6.45, 7) is 5.15. The Labute approximate surface area is 144 Å². The number of aromatic nitrogens is 4. The van der Waals surface area contributed by atoms with Gasteiger partial charge in [-0.05, 0) is 26.2 Å². The first-order valence-electron chi connectivity index (χ1n) is 8.36. The van der Waals surface area contributed by atoms with E-state index in [1.54, 1.807) is 16.0 Å². The number of thiazole rings is 1. The highest BCUT2D eigenvalue weighted by Crippen LogP contribution is 2.21. The van der Waals surface area contributed by atoms with Crippen molar-refractivity contribution < 1.29 is 4.79 Å². The van der Waals surface area contributed by atoms with Crippen LogP contribution in [0.3, 0.4) is 0 Å². The smallest absolute Gasteiger partial charge is 0.293 e. The third-order valence-corrected chi connectivity index (χ3v) is 5.31. The molecule has 128 valence electrons. The molecule has 1 fully saturated rings. The lowest BCUT2D eigenvalue weighted by Crippen LogP contribution is -2.42. The number of nitrogens with zero attached hydrogens (tertiary/aromatic N) is 5. The van der Waals surface area contributed by atoms with Gasteiger partial charge in [0.1, 0.15) is 0 Å². The third-order valence-electron chi connectivity index (χ3n) is 4.42. The molecule has 24 heavy (non-hydrogen) atoms. The summed E-state index contributed by atoms with van der Waals surface area (Å²) in [5, 5.41) is 14.0. The lowest BCUT2D eigenvalue weighted by Gasteiger charge is -2.31. The molecule has 0 atom stereocenters. The summed E-state index contributed by atoms with van der Waals surface area (Å²) in [5.41, 5.74) is 1.04. The van der Waals surface area contributed by atoms with Crippen LogP contribution < -0.4 is 10.6 Å². The highest BCUT2D eigenvalue weighted by atomic mass is 32.1. The number of carbonyl (C=O) groups is 1. The van der Waals surface area contributed by atoms with Crippen LogP contribution in [0.25, 0.3) is 0 Å². The molecule has 0 bridgehead atoms. The molecule has 2 aliphatic rings. The van der Waals surface area contributed by atoms with Crippen molar-refractivity contribution in [1.82, 2.24) is 24.6 Å². The van der Waals surface area contributed by atoms with Gasteiger partial charge < -0.3 is 15.5 Å². The molecule has 0 unspecified atom stereocenters. The average molecular weight is 347 g/mol. The van der Waals surface area contributed by atoms with E-state index in [4.69, 9.17) is 0 Å². The Morgan fingerprint density at radius 1 is 1.33 bits per heavy atom. The number of aryl methyl sites for hydroxylation is 2. The van der Waals surface area contributed by atoms with Crippen molar-refractivity contribution in [2.45, 2.75) is 38.8 Å². The number of fused-ring (bicyclic) bond motifs is 1. The summed E-state index contributed by atoms with van der Waals surface area (Å²) in [6.07, 6.45) is 2.84. The van der Waals surface area contributed by atoms with Crippen molar-refractivity contribution in [3.8, 4) is 0 Å². The Morgan fingerprint density at radius 3 is 2.88 bits per heavy atom. The summed E-state index contributed by atoms with van der Waals surface area (Å²) in [7, 11) is 0. The highest BCUT2D eigenvalue weighted by Gasteiger charge is 2.27. The molecule has 4 rings (SSSR count). The van der Waals surface area contributed by atoms with E-state index in [0.29, 0.717) is 17.8 Å². The van der Waals surface area contributed by atoms with E-state index in [1.807, 2.05) is 17.2 Å². The van der Waals surface area contributed by atoms with E-state index < -0.39 is 0 Å². The number of piperidine rings is 1. The summed E-state index contributed by atoms with van der Waals surface area (Å²) in [6, 6.07) is 0.365. The quantitative estimate of drug-likeness (QED) is 0.876. The van der Waals surface area contributed by atoms with Crippen molar-refractivity contribution in [1.29, 1.82) is 0 Å². The third kappa shape index (κ3) is 3.08. The highest BCUT2D eigenvalue weighted by molar-refractivity contribution is 7.13. The molecule has 0 radical (unpaired) electrons. The number of anilines is 2. The number of hydrogen-bond donors (Lipinski definition) is 2. The molecule has 0 saturated carbocycles. The lowest BCUT2D eigenvalue weighted by atomic mass is 10.1. The molecule has 0 spiro atoms. The number of nitrogens with one attached hydrogen (secondary N) is 2. The van der Waals surface area contributed by atoms with E-state index in [-0.39, 0.29) is 5.91 Å². The Balaban J connectivity index is 1.35. The zero-order valence-electron chi connectivity index (χ0n) is 13.7. The average Bonchev–Trinajstić information content (AvgIpc) is 3.21. The monoisotopic (exact) mass is 347 g/mol. The minimum absolute atomic E-state index is 0.0674. The Bertz CT molecular complexity index is 709. The van der Waals surface area contributed by atoms with Gasteiger partial charge in [-0.25, -0.2) is 9.67 Å². The van der Waals surface area contributed by atoms with Gasteiger partial charge >= 0.3 is 0 Å². The van der Waals surface area contributed by atoms with Crippen molar-refractivity contribution >= 4 is 28.3 Å². The van der Waals surface area contributed by atoms with Gasteiger partial charge in [0.25, 0.3) is 5.91 Å². The van der Waals surface area contributed by atoms with E-state index >= 15 is 0 Å². The molecule has 9 heteroatoms. The first-order valence-corrected chi connectivity index (χ1v) is 9.23. The van der Waals surface area contributed by atoms with E-state index in [2.05, 4.69) is 25.7 Å². The first-order chi connectivity index (χ1) is 11.7. The van der Waals surface area contributed by atoms with Crippen molar-refractivity contribution in [3.63, 3.8) is 0 Å². The van der Waals surface area contributed by atoms with Crippen LogP contribution in [0, 0.1) is 6.92 Å². The molecule has 2 N–H and O–H groups in total. The fourth-order valence-corrected chi connectivity index (χ4v) is 3.88. The van der Waals surface area contributed by atoms with Gasteiger partial charge in [0.2, 0.25) is 11.8 Å². The Kier molecular flexibility index (Phi) is 4.09. The van der Waals surface area contributed by atoms with Crippen molar-refractivity contribution in [3.05, 3.63) is 16.9 Å². The fraction of sp³-hybridized carbons (Fsp3) is 0.600. The topological polar surface area (TPSA) is 88.0 Å². The normalized spacial score (nSPS) is 18.1. The predicted octanol–water partition coefficient (Wildman–Crippen LogP) is 1.58. The number of amides is 1. The minimum atomic E-state index is -0.0674. The van der Waals surface area contributed by atoms with E-state index in [9.17, 15) is 4.79 Å². The molecule has 1 saturated heterocycles. The van der Waals surface area contributed by atoms with Gasteiger partial charge in [0.15, 0.2) is 5.13 Å². The zero-order valence-corrected chi connectivity index (χ0v) is 14.5. The maximum atomic E-state index is 12.6. The second-order valence-electron chi connectivity index (χ2n) is 6.27. The summed E-state index contributed by atoms with van der Waals surface area (Å²) in [5.74, 6) is 0.948. The molecule has 1 amide bonds. The molecular weight excluding hydrogens is 326 g/mol. The summed E-state index contributed by atoms with van der Waals surface area (Å²) < 4.78 is 1.79. The van der Waals surface area contributed by atoms with Crippen LogP contribution in [-0.4, -0.2) is 56.2 Å². The zero-order chi connectivity index (χ0) is 16.5. The van der Waals surface area contributed by atoms with E-state index in [1.165, 1.54) is 0 Å². The predicted molar refractivity (Wildman–Crippen MR) is 92.5 cm³/mol. The van der Waals surface area contributed by atoms with E-state index in [0.717, 1.165) is 56.3 Å². The van der Waals surface area contributed by atoms with Gasteiger partial charge in [0.05, 0.1) is 5.69 Å². The van der Waals surface area contributed by atoms with Crippen LogP contribution in [0.2, 0.25) is 0 Å². The number of hydrogen-bond acceptors (Lipinski definition) is 7. The standard InChI is InChI=1S/C15H21N7OS/c1-10-9-24-15(17-10)18-11-3-7-21(8-4-11)13(23)12-19-14-16-5-2-6-22(14)20-12/h9,11H,2-8H2,1H3,(H,17,18)(H,16,19,20). The van der Waals surface area contributed by atoms with Gasteiger partial charge in [0, 0.05) is 37.6 Å². The summed E-state index contributed by atoms with van der Waals surface area (Å²) in [4.78, 5) is 23.3.